The molecule has 0 saturated carbocycles. The van der Waals surface area contributed by atoms with Gasteiger partial charge in [0.1, 0.15) is 18.0 Å². The Labute approximate surface area is 138 Å². The first-order valence-corrected chi connectivity index (χ1v) is 7.16. The molecule has 4 N–H and O–H groups in total. The molecular formula is C16H15N7O. The summed E-state index contributed by atoms with van der Waals surface area (Å²) in [5.74, 6) is 1.13. The van der Waals surface area contributed by atoms with E-state index in [9.17, 15) is 4.79 Å². The zero-order valence-corrected chi connectivity index (χ0v) is 12.9. The summed E-state index contributed by atoms with van der Waals surface area (Å²) in [6.45, 7) is 1.92. The number of nitrogens with two attached hydrogens (primary N) is 1. The first-order chi connectivity index (χ1) is 11.6. The van der Waals surface area contributed by atoms with Gasteiger partial charge in [-0.1, -0.05) is 12.1 Å². The number of nitrogens with zero attached hydrogens (tertiary/aromatic N) is 4. The van der Waals surface area contributed by atoms with Crippen molar-refractivity contribution in [2.75, 3.05) is 10.6 Å². The van der Waals surface area contributed by atoms with E-state index < -0.39 is 5.91 Å². The van der Waals surface area contributed by atoms with Crippen molar-refractivity contribution < 1.29 is 4.79 Å². The van der Waals surface area contributed by atoms with Crippen molar-refractivity contribution >= 4 is 29.0 Å². The quantitative estimate of drug-likeness (QED) is 0.658. The van der Waals surface area contributed by atoms with Gasteiger partial charge in [-0.05, 0) is 30.7 Å². The van der Waals surface area contributed by atoms with E-state index in [0.29, 0.717) is 28.7 Å². The van der Waals surface area contributed by atoms with Gasteiger partial charge in [-0.25, -0.2) is 9.97 Å². The van der Waals surface area contributed by atoms with Crippen molar-refractivity contribution in [3.63, 3.8) is 0 Å². The minimum absolute atomic E-state index is 0.384. The number of rotatable bonds is 5. The monoisotopic (exact) mass is 321 g/mol. The highest BCUT2D eigenvalue weighted by Crippen LogP contribution is 2.21. The highest BCUT2D eigenvalue weighted by molar-refractivity contribution is 5.99. The first-order valence-electron chi connectivity index (χ1n) is 7.16. The predicted molar refractivity (Wildman–Crippen MR) is 90.3 cm³/mol. The van der Waals surface area contributed by atoms with Crippen LogP contribution in [0.15, 0.2) is 48.9 Å². The van der Waals surface area contributed by atoms with Crippen LogP contribution in [-0.2, 0) is 0 Å². The molecule has 0 saturated heterocycles. The molecule has 0 aliphatic rings. The lowest BCUT2D eigenvalue weighted by Crippen LogP contribution is -2.13. The molecule has 0 bridgehead atoms. The van der Waals surface area contributed by atoms with E-state index in [4.69, 9.17) is 5.73 Å². The second-order valence-electron chi connectivity index (χ2n) is 5.07. The third-order valence-electron chi connectivity index (χ3n) is 3.17. The molecule has 0 unspecified atom stereocenters. The summed E-state index contributed by atoms with van der Waals surface area (Å²) in [5, 5.41) is 14.0. The third kappa shape index (κ3) is 3.61. The van der Waals surface area contributed by atoms with Crippen molar-refractivity contribution in [3.8, 4) is 0 Å². The van der Waals surface area contributed by atoms with Crippen LogP contribution in [0.3, 0.4) is 0 Å². The zero-order chi connectivity index (χ0) is 16.9. The number of carbonyl (C=O) groups excluding carboxylic acids is 1. The molecule has 0 aliphatic heterocycles. The van der Waals surface area contributed by atoms with Crippen LogP contribution in [0.2, 0.25) is 0 Å². The topological polar surface area (TPSA) is 119 Å². The van der Waals surface area contributed by atoms with Gasteiger partial charge in [0, 0.05) is 6.07 Å². The Bertz CT molecular complexity index is 882. The molecule has 0 fully saturated rings. The average molecular weight is 321 g/mol. The van der Waals surface area contributed by atoms with Gasteiger partial charge in [0.15, 0.2) is 5.82 Å². The fraction of sp³-hybridized carbons (Fsp3) is 0.0625. The smallest absolute Gasteiger partial charge is 0.250 e. The van der Waals surface area contributed by atoms with E-state index in [2.05, 4.69) is 30.8 Å². The lowest BCUT2D eigenvalue weighted by Gasteiger charge is -2.10. The van der Waals surface area contributed by atoms with Gasteiger partial charge < -0.3 is 16.4 Å². The molecule has 0 radical (unpaired) electrons. The van der Waals surface area contributed by atoms with Crippen molar-refractivity contribution in [1.82, 2.24) is 20.2 Å². The van der Waals surface area contributed by atoms with Gasteiger partial charge in [0.2, 0.25) is 0 Å². The second kappa shape index (κ2) is 6.69. The maximum atomic E-state index is 11.5. The zero-order valence-electron chi connectivity index (χ0n) is 12.9. The van der Waals surface area contributed by atoms with Gasteiger partial charge in [0.25, 0.3) is 5.91 Å². The molecular weight excluding hydrogens is 306 g/mol. The van der Waals surface area contributed by atoms with Crippen molar-refractivity contribution in [1.29, 1.82) is 0 Å². The Morgan fingerprint density at radius 1 is 1.04 bits per heavy atom. The lowest BCUT2D eigenvalue weighted by atomic mass is 10.1. The van der Waals surface area contributed by atoms with Crippen LogP contribution in [0, 0.1) is 6.92 Å². The average Bonchev–Trinajstić information content (AvgIpc) is 2.55. The number of amides is 1. The molecule has 24 heavy (non-hydrogen) atoms. The van der Waals surface area contributed by atoms with Crippen molar-refractivity contribution in [2.45, 2.75) is 6.92 Å². The summed E-state index contributed by atoms with van der Waals surface area (Å²) >= 11 is 0. The summed E-state index contributed by atoms with van der Waals surface area (Å²) < 4.78 is 0. The number of para-hydroxylation sites is 1. The van der Waals surface area contributed by atoms with Gasteiger partial charge in [-0.2, -0.15) is 5.10 Å². The standard InChI is InChI=1S/C16H15N7O/c1-10-6-15(23-20-8-10)22-14-7-13(18-9-19-14)21-12-5-3-2-4-11(12)16(17)24/h2-9H,1H3,(H2,17,24)(H2,18,19,21,22,23). The van der Waals surface area contributed by atoms with E-state index in [0.717, 1.165) is 5.56 Å². The Balaban J connectivity index is 1.82. The Morgan fingerprint density at radius 3 is 2.54 bits per heavy atom. The molecule has 8 heteroatoms. The predicted octanol–water partition coefficient (Wildman–Crippen LogP) is 2.16. The summed E-state index contributed by atoms with van der Waals surface area (Å²) in [4.78, 5) is 19.8. The fourth-order valence-electron chi connectivity index (χ4n) is 2.10. The molecule has 120 valence electrons. The molecule has 0 atom stereocenters. The molecule has 0 spiro atoms. The van der Waals surface area contributed by atoms with Crippen LogP contribution in [0.5, 0.6) is 0 Å². The number of aryl methyl sites for hydroxylation is 1. The molecule has 1 aromatic carbocycles. The second-order valence-corrected chi connectivity index (χ2v) is 5.07. The number of hydrogen-bond acceptors (Lipinski definition) is 7. The van der Waals surface area contributed by atoms with Crippen molar-refractivity contribution in [3.05, 3.63) is 60.0 Å². The minimum atomic E-state index is -0.513. The van der Waals surface area contributed by atoms with Gasteiger partial charge in [-0.3, -0.25) is 4.79 Å². The largest absolute Gasteiger partial charge is 0.366 e. The van der Waals surface area contributed by atoms with Crippen LogP contribution in [-0.4, -0.2) is 26.1 Å². The number of primary amides is 1. The molecule has 2 aromatic heterocycles. The van der Waals surface area contributed by atoms with E-state index in [1.165, 1.54) is 6.33 Å². The van der Waals surface area contributed by atoms with Crippen LogP contribution in [0.4, 0.5) is 23.1 Å². The van der Waals surface area contributed by atoms with Gasteiger partial charge in [-0.15, -0.1) is 5.10 Å². The molecule has 2 heterocycles. The van der Waals surface area contributed by atoms with Crippen LogP contribution in [0.25, 0.3) is 0 Å². The first kappa shape index (κ1) is 15.3. The van der Waals surface area contributed by atoms with Gasteiger partial charge >= 0.3 is 0 Å². The Kier molecular flexibility index (Phi) is 4.28. The maximum Gasteiger partial charge on any atom is 0.250 e. The fourth-order valence-corrected chi connectivity index (χ4v) is 2.10. The van der Waals surface area contributed by atoms with E-state index in [-0.39, 0.29) is 0 Å². The summed E-state index contributed by atoms with van der Waals surface area (Å²) in [5.41, 5.74) is 7.32. The SMILES string of the molecule is Cc1cnnc(Nc2cc(Nc3ccccc3C(N)=O)ncn2)c1. The maximum absolute atomic E-state index is 11.5. The number of aromatic nitrogens is 4. The Hall–Kier alpha value is -3.55. The number of benzene rings is 1. The third-order valence-corrected chi connectivity index (χ3v) is 3.17. The highest BCUT2D eigenvalue weighted by Gasteiger charge is 2.08. The summed E-state index contributed by atoms with van der Waals surface area (Å²) in [7, 11) is 0. The lowest BCUT2D eigenvalue weighted by molar-refractivity contribution is 0.100. The number of hydrogen-bond donors (Lipinski definition) is 3. The molecule has 3 rings (SSSR count). The van der Waals surface area contributed by atoms with E-state index >= 15 is 0 Å². The van der Waals surface area contributed by atoms with Crippen molar-refractivity contribution in [2.24, 2.45) is 5.73 Å². The van der Waals surface area contributed by atoms with Crippen LogP contribution >= 0.6 is 0 Å². The molecule has 3 aromatic rings. The number of anilines is 4. The molecule has 1 amide bonds. The number of carbonyl (C=O) groups is 1. The van der Waals surface area contributed by atoms with Gasteiger partial charge in [0.05, 0.1) is 17.4 Å². The molecule has 8 nitrogen and oxygen atoms in total. The highest BCUT2D eigenvalue weighted by atomic mass is 16.1. The molecule has 0 aliphatic carbocycles. The summed E-state index contributed by atoms with van der Waals surface area (Å²) in [6.07, 6.45) is 3.07. The van der Waals surface area contributed by atoms with E-state index in [1.807, 2.05) is 13.0 Å². The Morgan fingerprint density at radius 2 is 1.79 bits per heavy atom. The van der Waals surface area contributed by atoms with Crippen LogP contribution < -0.4 is 16.4 Å². The minimum Gasteiger partial charge on any atom is -0.366 e. The normalized spacial score (nSPS) is 10.2. The van der Waals surface area contributed by atoms with E-state index in [1.54, 1.807) is 36.5 Å². The van der Waals surface area contributed by atoms with Crippen LogP contribution in [0.1, 0.15) is 15.9 Å². The summed E-state index contributed by atoms with van der Waals surface area (Å²) in [6, 6.07) is 10.5. The number of nitrogens with one attached hydrogen (secondary N) is 2.